The van der Waals surface area contributed by atoms with Crippen molar-refractivity contribution < 1.29 is 0 Å². The van der Waals surface area contributed by atoms with Gasteiger partial charge in [0.1, 0.15) is 0 Å². The molecule has 0 aromatic heterocycles. The minimum atomic E-state index is 0.435. The van der Waals surface area contributed by atoms with Gasteiger partial charge < -0.3 is 5.32 Å². The van der Waals surface area contributed by atoms with Crippen molar-refractivity contribution in [3.05, 3.63) is 33.4 Å². The third kappa shape index (κ3) is 5.06. The maximum atomic E-state index is 3.63. The topological polar surface area (TPSA) is 12.0 Å². The van der Waals surface area contributed by atoms with Crippen LogP contribution in [0.1, 0.15) is 32.4 Å². The third-order valence-corrected chi connectivity index (χ3v) is 4.34. The molecule has 0 saturated carbocycles. The summed E-state index contributed by atoms with van der Waals surface area (Å²) in [6.45, 7) is 6.70. The first-order chi connectivity index (χ1) is 7.63. The fraction of sp³-hybridized carbons (Fsp3) is 0.538. The second-order valence-corrected chi connectivity index (χ2v) is 6.56. The van der Waals surface area contributed by atoms with Crippen molar-refractivity contribution in [1.82, 2.24) is 5.32 Å². The molecule has 0 spiro atoms. The molecule has 90 valence electrons. The SMILES string of the molecule is CCSCC(C)NC(C)c1ccc(I)cc1. The highest BCUT2D eigenvalue weighted by Gasteiger charge is 2.08. The number of thioether (sulfide) groups is 1. The van der Waals surface area contributed by atoms with E-state index in [1.807, 2.05) is 11.8 Å². The van der Waals surface area contributed by atoms with Gasteiger partial charge in [0, 0.05) is 21.4 Å². The van der Waals surface area contributed by atoms with Crippen LogP contribution in [-0.2, 0) is 0 Å². The van der Waals surface area contributed by atoms with Crippen LogP contribution in [0.2, 0.25) is 0 Å². The van der Waals surface area contributed by atoms with E-state index in [0.29, 0.717) is 12.1 Å². The molecule has 0 saturated heterocycles. The van der Waals surface area contributed by atoms with Crippen LogP contribution in [-0.4, -0.2) is 17.5 Å². The highest BCUT2D eigenvalue weighted by molar-refractivity contribution is 14.1. The van der Waals surface area contributed by atoms with Crippen molar-refractivity contribution in [2.24, 2.45) is 0 Å². The van der Waals surface area contributed by atoms with Crippen LogP contribution < -0.4 is 5.32 Å². The maximum absolute atomic E-state index is 3.63. The Hall–Kier alpha value is 0.260. The van der Waals surface area contributed by atoms with E-state index in [4.69, 9.17) is 0 Å². The minimum Gasteiger partial charge on any atom is -0.307 e. The maximum Gasteiger partial charge on any atom is 0.0294 e. The summed E-state index contributed by atoms with van der Waals surface area (Å²) in [5.74, 6) is 2.38. The molecule has 0 radical (unpaired) electrons. The normalized spacial score (nSPS) is 14.8. The Morgan fingerprint density at radius 3 is 2.44 bits per heavy atom. The van der Waals surface area contributed by atoms with Gasteiger partial charge >= 0.3 is 0 Å². The van der Waals surface area contributed by atoms with E-state index in [1.165, 1.54) is 20.6 Å². The Labute approximate surface area is 117 Å². The Morgan fingerprint density at radius 1 is 1.25 bits per heavy atom. The number of hydrogen-bond donors (Lipinski definition) is 1. The summed E-state index contributed by atoms with van der Waals surface area (Å²) in [5, 5.41) is 3.63. The van der Waals surface area contributed by atoms with Crippen LogP contribution in [0, 0.1) is 3.57 Å². The van der Waals surface area contributed by atoms with Gasteiger partial charge in [-0.15, -0.1) is 0 Å². The van der Waals surface area contributed by atoms with Gasteiger partial charge in [-0.1, -0.05) is 19.1 Å². The molecule has 1 nitrogen and oxygen atoms in total. The van der Waals surface area contributed by atoms with Gasteiger partial charge in [-0.2, -0.15) is 11.8 Å². The second-order valence-electron chi connectivity index (χ2n) is 4.00. The molecule has 0 aliphatic carbocycles. The first-order valence-corrected chi connectivity index (χ1v) is 7.96. The van der Waals surface area contributed by atoms with Gasteiger partial charge in [0.05, 0.1) is 0 Å². The second kappa shape index (κ2) is 7.56. The summed E-state index contributed by atoms with van der Waals surface area (Å²) in [7, 11) is 0. The molecule has 16 heavy (non-hydrogen) atoms. The number of benzene rings is 1. The van der Waals surface area contributed by atoms with Gasteiger partial charge in [0.25, 0.3) is 0 Å². The highest BCUT2D eigenvalue weighted by Crippen LogP contribution is 2.15. The summed E-state index contributed by atoms with van der Waals surface area (Å²) >= 11 is 4.33. The lowest BCUT2D eigenvalue weighted by Crippen LogP contribution is -2.30. The first-order valence-electron chi connectivity index (χ1n) is 5.72. The zero-order chi connectivity index (χ0) is 12.0. The molecular weight excluding hydrogens is 329 g/mol. The lowest BCUT2D eigenvalue weighted by Gasteiger charge is -2.20. The summed E-state index contributed by atoms with van der Waals surface area (Å²) < 4.78 is 1.29. The average molecular weight is 349 g/mol. The van der Waals surface area contributed by atoms with Crippen LogP contribution >= 0.6 is 34.4 Å². The summed E-state index contributed by atoms with van der Waals surface area (Å²) in [4.78, 5) is 0. The molecule has 2 atom stereocenters. The van der Waals surface area contributed by atoms with E-state index in [0.717, 1.165) is 0 Å². The largest absolute Gasteiger partial charge is 0.307 e. The number of rotatable bonds is 6. The van der Waals surface area contributed by atoms with Gasteiger partial charge in [0.2, 0.25) is 0 Å². The number of nitrogens with one attached hydrogen (secondary N) is 1. The van der Waals surface area contributed by atoms with Crippen molar-refractivity contribution in [3.8, 4) is 0 Å². The smallest absolute Gasteiger partial charge is 0.0294 e. The Kier molecular flexibility index (Phi) is 6.77. The van der Waals surface area contributed by atoms with Crippen LogP contribution in [0.15, 0.2) is 24.3 Å². The summed E-state index contributed by atoms with van der Waals surface area (Å²) in [5.41, 5.74) is 1.37. The third-order valence-electron chi connectivity index (χ3n) is 2.48. The van der Waals surface area contributed by atoms with Crippen LogP contribution in [0.4, 0.5) is 0 Å². The van der Waals surface area contributed by atoms with Crippen molar-refractivity contribution in [2.75, 3.05) is 11.5 Å². The van der Waals surface area contributed by atoms with E-state index in [-0.39, 0.29) is 0 Å². The molecule has 0 aliphatic rings. The number of hydrogen-bond acceptors (Lipinski definition) is 2. The van der Waals surface area contributed by atoms with E-state index < -0.39 is 0 Å². The zero-order valence-corrected chi connectivity index (χ0v) is 13.1. The van der Waals surface area contributed by atoms with Crippen molar-refractivity contribution in [2.45, 2.75) is 32.9 Å². The molecule has 3 heteroatoms. The van der Waals surface area contributed by atoms with Crippen LogP contribution in [0.5, 0.6) is 0 Å². The molecule has 0 fully saturated rings. The van der Waals surface area contributed by atoms with Crippen LogP contribution in [0.3, 0.4) is 0 Å². The first kappa shape index (κ1) is 14.3. The Bertz CT molecular complexity index is 299. The van der Waals surface area contributed by atoms with Gasteiger partial charge in [-0.25, -0.2) is 0 Å². The molecule has 0 aliphatic heterocycles. The summed E-state index contributed by atoms with van der Waals surface area (Å²) in [6, 6.07) is 9.75. The molecule has 1 aromatic rings. The average Bonchev–Trinajstić information content (AvgIpc) is 2.27. The van der Waals surface area contributed by atoms with Crippen molar-refractivity contribution >= 4 is 34.4 Å². The van der Waals surface area contributed by atoms with Gasteiger partial charge in [-0.3, -0.25) is 0 Å². The molecule has 1 rings (SSSR count). The van der Waals surface area contributed by atoms with E-state index in [1.54, 1.807) is 0 Å². The van der Waals surface area contributed by atoms with Gasteiger partial charge in [-0.05, 0) is 59.9 Å². The molecule has 0 heterocycles. The van der Waals surface area contributed by atoms with E-state index >= 15 is 0 Å². The number of halogens is 1. The minimum absolute atomic E-state index is 0.435. The fourth-order valence-electron chi connectivity index (χ4n) is 1.62. The van der Waals surface area contributed by atoms with Gasteiger partial charge in [0.15, 0.2) is 0 Å². The molecule has 1 N–H and O–H groups in total. The lowest BCUT2D eigenvalue weighted by molar-refractivity contribution is 0.511. The Balaban J connectivity index is 2.45. The standard InChI is InChI=1S/C13H20INS/c1-4-16-9-10(2)15-11(3)12-5-7-13(14)8-6-12/h5-8,10-11,15H,4,9H2,1-3H3. The molecular formula is C13H20INS. The van der Waals surface area contributed by atoms with Crippen molar-refractivity contribution in [1.29, 1.82) is 0 Å². The molecule has 1 aromatic carbocycles. The quantitative estimate of drug-likeness (QED) is 0.777. The van der Waals surface area contributed by atoms with Crippen LogP contribution in [0.25, 0.3) is 0 Å². The predicted molar refractivity (Wildman–Crippen MR) is 83.2 cm³/mol. The fourth-order valence-corrected chi connectivity index (χ4v) is 2.66. The molecule has 0 bridgehead atoms. The van der Waals surface area contributed by atoms with E-state index in [2.05, 4.69) is 72.9 Å². The Morgan fingerprint density at radius 2 is 1.88 bits per heavy atom. The zero-order valence-electron chi connectivity index (χ0n) is 10.2. The monoisotopic (exact) mass is 349 g/mol. The predicted octanol–water partition coefficient (Wildman–Crippen LogP) is 4.08. The summed E-state index contributed by atoms with van der Waals surface area (Å²) in [6.07, 6.45) is 0. The molecule has 0 amide bonds. The van der Waals surface area contributed by atoms with E-state index in [9.17, 15) is 0 Å². The highest BCUT2D eigenvalue weighted by atomic mass is 127. The molecule has 2 unspecified atom stereocenters. The lowest BCUT2D eigenvalue weighted by atomic mass is 10.1. The van der Waals surface area contributed by atoms with Crippen molar-refractivity contribution in [3.63, 3.8) is 0 Å².